The lowest BCUT2D eigenvalue weighted by molar-refractivity contribution is 0.155. The Morgan fingerprint density at radius 2 is 2.00 bits per heavy atom. The minimum absolute atomic E-state index is 0.0545. The Morgan fingerprint density at radius 3 is 2.68 bits per heavy atom. The molecule has 3 heterocycles. The van der Waals surface area contributed by atoms with Crippen LogP contribution in [-0.2, 0) is 18.6 Å². The normalized spacial score (nSPS) is 13.0. The number of thiophene rings is 1. The highest BCUT2D eigenvalue weighted by atomic mass is 32.1. The molecule has 0 aliphatic heterocycles. The van der Waals surface area contributed by atoms with Crippen LogP contribution in [0.2, 0.25) is 0 Å². The number of nitrogens with zero attached hydrogens (tertiary/aromatic N) is 5. The zero-order valence-corrected chi connectivity index (χ0v) is 21.2. The number of nitrogens with one attached hydrogen (secondary N) is 1. The SMILES string of the molecule is CCOc1ccc2[nH]c(=O)c(CN(Cc3cccs3)[C@@H](CC)c3nnnn3C(C)(C)C)cc2c1. The highest BCUT2D eigenvalue weighted by molar-refractivity contribution is 7.09. The van der Waals surface area contributed by atoms with Gasteiger partial charge < -0.3 is 9.72 Å². The fourth-order valence-corrected chi connectivity index (χ4v) is 4.91. The summed E-state index contributed by atoms with van der Waals surface area (Å²) in [7, 11) is 0. The second-order valence-corrected chi connectivity index (χ2v) is 10.4. The van der Waals surface area contributed by atoms with Crippen molar-refractivity contribution in [3.05, 3.63) is 68.4 Å². The number of aromatic amines is 1. The Balaban J connectivity index is 1.74. The van der Waals surface area contributed by atoms with E-state index in [2.05, 4.69) is 70.6 Å². The van der Waals surface area contributed by atoms with Gasteiger partial charge in [0.15, 0.2) is 5.82 Å². The van der Waals surface area contributed by atoms with Crippen LogP contribution in [0.15, 0.2) is 46.6 Å². The summed E-state index contributed by atoms with van der Waals surface area (Å²) in [6.45, 7) is 12.1. The Morgan fingerprint density at radius 1 is 1.18 bits per heavy atom. The summed E-state index contributed by atoms with van der Waals surface area (Å²) in [6, 6.07) is 11.8. The monoisotopic (exact) mass is 480 g/mol. The van der Waals surface area contributed by atoms with E-state index >= 15 is 0 Å². The number of hydrogen-bond donors (Lipinski definition) is 1. The molecule has 0 saturated heterocycles. The molecule has 0 spiro atoms. The molecule has 0 aliphatic rings. The molecule has 9 heteroatoms. The fraction of sp³-hybridized carbons (Fsp3) is 0.440. The van der Waals surface area contributed by atoms with Crippen molar-refractivity contribution < 1.29 is 4.74 Å². The van der Waals surface area contributed by atoms with Crippen LogP contribution >= 0.6 is 11.3 Å². The zero-order valence-electron chi connectivity index (χ0n) is 20.4. The van der Waals surface area contributed by atoms with Gasteiger partial charge in [0, 0.05) is 34.4 Å². The topological polar surface area (TPSA) is 88.9 Å². The second-order valence-electron chi connectivity index (χ2n) is 9.33. The van der Waals surface area contributed by atoms with Crippen LogP contribution in [0.25, 0.3) is 10.9 Å². The van der Waals surface area contributed by atoms with Crippen molar-refractivity contribution in [2.45, 2.75) is 65.7 Å². The predicted octanol–water partition coefficient (Wildman–Crippen LogP) is 4.88. The number of tetrazole rings is 1. The standard InChI is InChI=1S/C25H32N6O2S/c1-6-22(23-27-28-29-31(23)25(3,4)5)30(16-20-9-8-12-34-20)15-18-13-17-14-19(33-7-2)10-11-21(17)26-24(18)32/h8-14,22H,6-7,15-16H2,1-5H3,(H,26,32)/t22-/m0/s1. The fourth-order valence-electron chi connectivity index (χ4n) is 4.19. The van der Waals surface area contributed by atoms with Gasteiger partial charge in [-0.3, -0.25) is 9.69 Å². The third-order valence-corrected chi connectivity index (χ3v) is 6.63. The maximum Gasteiger partial charge on any atom is 0.252 e. The number of hydrogen-bond acceptors (Lipinski definition) is 7. The molecule has 3 aromatic heterocycles. The first-order valence-corrected chi connectivity index (χ1v) is 12.5. The van der Waals surface area contributed by atoms with Crippen LogP contribution in [0.4, 0.5) is 0 Å². The molecule has 0 unspecified atom stereocenters. The summed E-state index contributed by atoms with van der Waals surface area (Å²) in [5.41, 5.74) is 1.16. The van der Waals surface area contributed by atoms with E-state index in [0.717, 1.165) is 28.9 Å². The largest absolute Gasteiger partial charge is 0.494 e. The van der Waals surface area contributed by atoms with Crippen LogP contribution in [0.5, 0.6) is 5.75 Å². The quantitative estimate of drug-likeness (QED) is 0.367. The third-order valence-electron chi connectivity index (χ3n) is 5.77. The van der Waals surface area contributed by atoms with E-state index < -0.39 is 0 Å². The van der Waals surface area contributed by atoms with Gasteiger partial charge in [-0.2, -0.15) is 0 Å². The Hall–Kier alpha value is -3.04. The van der Waals surface area contributed by atoms with Gasteiger partial charge in [-0.15, -0.1) is 16.4 Å². The number of benzene rings is 1. The first-order chi connectivity index (χ1) is 16.3. The van der Waals surface area contributed by atoms with Gasteiger partial charge in [0.2, 0.25) is 0 Å². The van der Waals surface area contributed by atoms with Crippen LogP contribution < -0.4 is 10.3 Å². The molecule has 4 aromatic rings. The lowest BCUT2D eigenvalue weighted by atomic mass is 10.1. The van der Waals surface area contributed by atoms with E-state index in [4.69, 9.17) is 4.74 Å². The van der Waals surface area contributed by atoms with Crippen LogP contribution in [-0.4, -0.2) is 36.7 Å². The number of aromatic nitrogens is 5. The number of rotatable bonds is 9. The van der Waals surface area contributed by atoms with Gasteiger partial charge in [0.05, 0.1) is 18.2 Å². The van der Waals surface area contributed by atoms with Crippen LogP contribution in [0.3, 0.4) is 0 Å². The van der Waals surface area contributed by atoms with E-state index in [-0.39, 0.29) is 17.1 Å². The highest BCUT2D eigenvalue weighted by Gasteiger charge is 2.29. The van der Waals surface area contributed by atoms with E-state index in [0.29, 0.717) is 25.3 Å². The van der Waals surface area contributed by atoms with Crippen molar-refractivity contribution in [1.82, 2.24) is 30.1 Å². The van der Waals surface area contributed by atoms with E-state index in [9.17, 15) is 4.79 Å². The van der Waals surface area contributed by atoms with E-state index in [1.165, 1.54) is 4.88 Å². The summed E-state index contributed by atoms with van der Waals surface area (Å²) < 4.78 is 7.55. The summed E-state index contributed by atoms with van der Waals surface area (Å²) >= 11 is 1.71. The lowest BCUT2D eigenvalue weighted by Crippen LogP contribution is -2.35. The van der Waals surface area contributed by atoms with Crippen molar-refractivity contribution in [2.75, 3.05) is 6.61 Å². The molecule has 1 N–H and O–H groups in total. The summed E-state index contributed by atoms with van der Waals surface area (Å²) in [6.07, 6.45) is 0.807. The Bertz CT molecular complexity index is 1290. The van der Waals surface area contributed by atoms with Gasteiger partial charge >= 0.3 is 0 Å². The lowest BCUT2D eigenvalue weighted by Gasteiger charge is -2.32. The van der Waals surface area contributed by atoms with E-state index in [1.807, 2.05) is 35.9 Å². The highest BCUT2D eigenvalue weighted by Crippen LogP contribution is 2.30. The summed E-state index contributed by atoms with van der Waals surface area (Å²) in [5, 5.41) is 15.7. The molecule has 0 fully saturated rings. The molecule has 180 valence electrons. The maximum absolute atomic E-state index is 13.0. The van der Waals surface area contributed by atoms with Crippen LogP contribution in [0.1, 0.15) is 63.3 Å². The molecule has 4 rings (SSSR count). The molecule has 0 bridgehead atoms. The molecule has 0 amide bonds. The van der Waals surface area contributed by atoms with E-state index in [1.54, 1.807) is 11.3 Å². The number of fused-ring (bicyclic) bond motifs is 1. The molecule has 0 saturated carbocycles. The molecular weight excluding hydrogens is 448 g/mol. The molecule has 8 nitrogen and oxygen atoms in total. The van der Waals surface area contributed by atoms with Gasteiger partial charge in [0.25, 0.3) is 5.56 Å². The van der Waals surface area contributed by atoms with Crippen molar-refractivity contribution in [3.8, 4) is 5.75 Å². The number of H-pyrrole nitrogens is 1. The third kappa shape index (κ3) is 5.20. The average molecular weight is 481 g/mol. The molecule has 1 atom stereocenters. The minimum Gasteiger partial charge on any atom is -0.494 e. The van der Waals surface area contributed by atoms with Crippen molar-refractivity contribution in [3.63, 3.8) is 0 Å². The molecule has 0 aliphatic carbocycles. The van der Waals surface area contributed by atoms with Crippen molar-refractivity contribution in [2.24, 2.45) is 0 Å². The molecular formula is C25H32N6O2S. The first-order valence-electron chi connectivity index (χ1n) is 11.6. The summed E-state index contributed by atoms with van der Waals surface area (Å²) in [4.78, 5) is 19.6. The Labute approximate surface area is 203 Å². The smallest absolute Gasteiger partial charge is 0.252 e. The Kier molecular flexibility index (Phi) is 7.13. The number of pyridine rings is 1. The second kappa shape index (κ2) is 10.1. The minimum atomic E-state index is -0.253. The predicted molar refractivity (Wildman–Crippen MR) is 135 cm³/mol. The number of ether oxygens (including phenoxy) is 1. The van der Waals surface area contributed by atoms with Crippen molar-refractivity contribution in [1.29, 1.82) is 0 Å². The van der Waals surface area contributed by atoms with Gasteiger partial charge in [0.1, 0.15) is 5.75 Å². The van der Waals surface area contributed by atoms with Gasteiger partial charge in [-0.25, -0.2) is 4.68 Å². The van der Waals surface area contributed by atoms with Gasteiger partial charge in [-0.1, -0.05) is 13.0 Å². The molecule has 34 heavy (non-hydrogen) atoms. The average Bonchev–Trinajstić information content (AvgIpc) is 3.47. The van der Waals surface area contributed by atoms with Crippen LogP contribution in [0, 0.1) is 0 Å². The summed E-state index contributed by atoms with van der Waals surface area (Å²) in [5.74, 6) is 1.60. The van der Waals surface area contributed by atoms with Crippen molar-refractivity contribution >= 4 is 22.2 Å². The maximum atomic E-state index is 13.0. The zero-order chi connectivity index (χ0) is 24.3. The molecule has 0 radical (unpaired) electrons. The molecule has 1 aromatic carbocycles. The first kappa shape index (κ1) is 24.1. The van der Waals surface area contributed by atoms with Gasteiger partial charge in [-0.05, 0) is 80.3 Å².